The summed E-state index contributed by atoms with van der Waals surface area (Å²) in [5, 5.41) is 1.07. The van der Waals surface area contributed by atoms with E-state index in [1.54, 1.807) is 11.3 Å². The van der Waals surface area contributed by atoms with Crippen molar-refractivity contribution in [2.24, 2.45) is 0 Å². The minimum atomic E-state index is 0.641. The fourth-order valence-corrected chi connectivity index (χ4v) is 3.83. The van der Waals surface area contributed by atoms with Crippen LogP contribution in [0.4, 0.5) is 0 Å². The molecule has 0 amide bonds. The number of ether oxygens (including phenoxy) is 1. The second kappa shape index (κ2) is 8.70. The van der Waals surface area contributed by atoms with E-state index < -0.39 is 0 Å². The zero-order valence-corrected chi connectivity index (χ0v) is 16.9. The Morgan fingerprint density at radius 2 is 1.96 bits per heavy atom. The molecule has 2 heterocycles. The molecule has 3 aromatic rings. The van der Waals surface area contributed by atoms with Gasteiger partial charge < -0.3 is 4.74 Å². The molecule has 3 nitrogen and oxygen atoms in total. The first-order chi connectivity index (χ1) is 12.2. The van der Waals surface area contributed by atoms with E-state index in [-0.39, 0.29) is 0 Å². The van der Waals surface area contributed by atoms with E-state index in [1.165, 1.54) is 10.4 Å². The Bertz CT molecular complexity index is 830. The molecule has 0 atom stereocenters. The van der Waals surface area contributed by atoms with Crippen LogP contribution in [0.25, 0.3) is 10.6 Å². The maximum atomic E-state index is 5.82. The SMILES string of the molecule is CCc1cc(-c2nc(C)c(CCOCc3ccc(Br)cc3)s2)ccn1. The number of rotatable bonds is 7. The minimum absolute atomic E-state index is 0.641. The van der Waals surface area contributed by atoms with E-state index in [0.717, 1.165) is 39.3 Å². The van der Waals surface area contributed by atoms with E-state index in [4.69, 9.17) is 9.72 Å². The largest absolute Gasteiger partial charge is 0.376 e. The van der Waals surface area contributed by atoms with Gasteiger partial charge in [-0.3, -0.25) is 4.98 Å². The highest BCUT2D eigenvalue weighted by atomic mass is 79.9. The first-order valence-electron chi connectivity index (χ1n) is 8.39. The third-order valence-electron chi connectivity index (χ3n) is 3.97. The molecule has 0 aliphatic heterocycles. The molecule has 0 aliphatic carbocycles. The lowest BCUT2D eigenvalue weighted by Gasteiger charge is -2.04. The third kappa shape index (κ3) is 4.97. The van der Waals surface area contributed by atoms with Gasteiger partial charge in [-0.05, 0) is 43.2 Å². The molecule has 3 rings (SSSR count). The van der Waals surface area contributed by atoms with Gasteiger partial charge in [-0.2, -0.15) is 0 Å². The molecule has 130 valence electrons. The molecule has 0 radical (unpaired) electrons. The van der Waals surface area contributed by atoms with E-state index >= 15 is 0 Å². The zero-order chi connectivity index (χ0) is 17.6. The summed E-state index contributed by atoms with van der Waals surface area (Å²) in [5.74, 6) is 0. The molecule has 0 spiro atoms. The van der Waals surface area contributed by atoms with Crippen molar-refractivity contribution < 1.29 is 4.74 Å². The Morgan fingerprint density at radius 3 is 2.72 bits per heavy atom. The number of hydrogen-bond donors (Lipinski definition) is 0. The van der Waals surface area contributed by atoms with Gasteiger partial charge in [0.1, 0.15) is 5.01 Å². The second-order valence-electron chi connectivity index (χ2n) is 5.85. The Kier molecular flexibility index (Phi) is 6.34. The first kappa shape index (κ1) is 18.2. The van der Waals surface area contributed by atoms with Crippen molar-refractivity contribution in [3.63, 3.8) is 0 Å². The lowest BCUT2D eigenvalue weighted by Crippen LogP contribution is -1.98. The first-order valence-corrected chi connectivity index (χ1v) is 10.0. The molecule has 5 heteroatoms. The molecule has 0 unspecified atom stereocenters. The normalized spacial score (nSPS) is 11.0. The van der Waals surface area contributed by atoms with Crippen molar-refractivity contribution in [1.29, 1.82) is 0 Å². The number of nitrogens with zero attached hydrogens (tertiary/aromatic N) is 2. The summed E-state index contributed by atoms with van der Waals surface area (Å²) in [6, 6.07) is 12.4. The minimum Gasteiger partial charge on any atom is -0.376 e. The smallest absolute Gasteiger partial charge is 0.123 e. The van der Waals surface area contributed by atoms with Gasteiger partial charge in [0.2, 0.25) is 0 Å². The summed E-state index contributed by atoms with van der Waals surface area (Å²) in [4.78, 5) is 10.4. The van der Waals surface area contributed by atoms with Crippen LogP contribution >= 0.6 is 27.3 Å². The molecule has 0 saturated carbocycles. The number of benzene rings is 1. The Morgan fingerprint density at radius 1 is 1.16 bits per heavy atom. The van der Waals surface area contributed by atoms with Crippen LogP contribution in [0, 0.1) is 6.92 Å². The van der Waals surface area contributed by atoms with Gasteiger partial charge in [-0.25, -0.2) is 4.98 Å². The van der Waals surface area contributed by atoms with Gasteiger partial charge in [0, 0.05) is 33.2 Å². The van der Waals surface area contributed by atoms with E-state index in [9.17, 15) is 0 Å². The predicted molar refractivity (Wildman–Crippen MR) is 107 cm³/mol. The molecule has 1 aromatic carbocycles. The summed E-state index contributed by atoms with van der Waals surface area (Å²) in [6.07, 6.45) is 3.70. The van der Waals surface area contributed by atoms with Crippen LogP contribution in [0.3, 0.4) is 0 Å². The molecule has 0 fully saturated rings. The van der Waals surface area contributed by atoms with E-state index in [0.29, 0.717) is 13.2 Å². The second-order valence-corrected chi connectivity index (χ2v) is 7.85. The fourth-order valence-electron chi connectivity index (χ4n) is 2.52. The van der Waals surface area contributed by atoms with Crippen molar-refractivity contribution in [3.8, 4) is 10.6 Å². The van der Waals surface area contributed by atoms with Gasteiger partial charge in [0.05, 0.1) is 18.9 Å². The number of aromatic nitrogens is 2. The molecule has 25 heavy (non-hydrogen) atoms. The highest BCUT2D eigenvalue weighted by molar-refractivity contribution is 9.10. The summed E-state index contributed by atoms with van der Waals surface area (Å²) < 4.78 is 6.91. The van der Waals surface area contributed by atoms with Crippen molar-refractivity contribution in [2.45, 2.75) is 33.3 Å². The van der Waals surface area contributed by atoms with Crippen LogP contribution in [0.2, 0.25) is 0 Å². The number of halogens is 1. The molecular weight excluding hydrogens is 396 g/mol. The average Bonchev–Trinajstić information content (AvgIpc) is 3.01. The van der Waals surface area contributed by atoms with Crippen LogP contribution in [-0.2, 0) is 24.2 Å². The van der Waals surface area contributed by atoms with Crippen molar-refractivity contribution >= 4 is 27.3 Å². The number of hydrogen-bond acceptors (Lipinski definition) is 4. The topological polar surface area (TPSA) is 35.0 Å². The van der Waals surface area contributed by atoms with Crippen LogP contribution < -0.4 is 0 Å². The fraction of sp³-hybridized carbons (Fsp3) is 0.300. The summed E-state index contributed by atoms with van der Waals surface area (Å²) in [5.41, 5.74) is 4.54. The van der Waals surface area contributed by atoms with Crippen molar-refractivity contribution in [2.75, 3.05) is 6.61 Å². The third-order valence-corrected chi connectivity index (χ3v) is 5.77. The maximum Gasteiger partial charge on any atom is 0.123 e. The molecule has 0 saturated heterocycles. The number of pyridine rings is 1. The Balaban J connectivity index is 1.58. The van der Waals surface area contributed by atoms with Crippen LogP contribution in [-0.4, -0.2) is 16.6 Å². The van der Waals surface area contributed by atoms with Crippen LogP contribution in [0.5, 0.6) is 0 Å². The standard InChI is InChI=1S/C20H21BrN2OS/c1-3-18-12-16(8-10-22-18)20-23-14(2)19(25-20)9-11-24-13-15-4-6-17(21)7-5-15/h4-8,10,12H,3,9,11,13H2,1-2H3. The van der Waals surface area contributed by atoms with E-state index in [2.05, 4.69) is 53.0 Å². The maximum absolute atomic E-state index is 5.82. The van der Waals surface area contributed by atoms with E-state index in [1.807, 2.05) is 24.4 Å². The molecular formula is C20H21BrN2OS. The average molecular weight is 417 g/mol. The quantitative estimate of drug-likeness (QED) is 0.470. The van der Waals surface area contributed by atoms with Crippen LogP contribution in [0.1, 0.15) is 28.8 Å². The van der Waals surface area contributed by atoms with Gasteiger partial charge in [-0.15, -0.1) is 11.3 Å². The number of aryl methyl sites for hydroxylation is 2. The van der Waals surface area contributed by atoms with Crippen molar-refractivity contribution in [1.82, 2.24) is 9.97 Å². The van der Waals surface area contributed by atoms with Crippen LogP contribution in [0.15, 0.2) is 47.1 Å². The molecule has 0 N–H and O–H groups in total. The monoisotopic (exact) mass is 416 g/mol. The predicted octanol–water partition coefficient (Wildman–Crippen LogP) is 5.60. The molecule has 0 aliphatic rings. The Labute approximate surface area is 161 Å². The summed E-state index contributed by atoms with van der Waals surface area (Å²) in [6.45, 7) is 5.54. The van der Waals surface area contributed by atoms with Gasteiger partial charge in [0.25, 0.3) is 0 Å². The summed E-state index contributed by atoms with van der Waals surface area (Å²) in [7, 11) is 0. The lowest BCUT2D eigenvalue weighted by atomic mass is 10.2. The van der Waals surface area contributed by atoms with Crippen molar-refractivity contribution in [3.05, 3.63) is 68.9 Å². The zero-order valence-electron chi connectivity index (χ0n) is 14.5. The highest BCUT2D eigenvalue weighted by Gasteiger charge is 2.10. The summed E-state index contributed by atoms with van der Waals surface area (Å²) >= 11 is 5.20. The number of thiazole rings is 1. The van der Waals surface area contributed by atoms with Gasteiger partial charge in [0.15, 0.2) is 0 Å². The Hall–Kier alpha value is -1.56. The van der Waals surface area contributed by atoms with Gasteiger partial charge in [-0.1, -0.05) is 35.0 Å². The molecule has 0 bridgehead atoms. The lowest BCUT2D eigenvalue weighted by molar-refractivity contribution is 0.124. The molecule has 2 aromatic heterocycles. The highest BCUT2D eigenvalue weighted by Crippen LogP contribution is 2.28. The van der Waals surface area contributed by atoms with Gasteiger partial charge >= 0.3 is 0 Å².